The molecule has 2 aromatic carbocycles. The molecule has 0 spiro atoms. The first-order valence-electron chi connectivity index (χ1n) is 10.4. The Morgan fingerprint density at radius 1 is 1.07 bits per heavy atom. The molecule has 3 aromatic rings. The first kappa shape index (κ1) is 18.7. The summed E-state index contributed by atoms with van der Waals surface area (Å²) < 4.78 is 7.27. The van der Waals surface area contributed by atoms with Crippen molar-refractivity contribution in [2.24, 2.45) is 7.05 Å². The van der Waals surface area contributed by atoms with E-state index >= 15 is 0 Å². The topological polar surface area (TPSA) is 54.8 Å². The number of hydrogen-bond acceptors (Lipinski definition) is 3. The van der Waals surface area contributed by atoms with Crippen LogP contribution in [0.4, 0.5) is 0 Å². The highest BCUT2D eigenvalue weighted by molar-refractivity contribution is 6.07. The largest absolute Gasteiger partial charge is 0.497 e. The molecule has 2 aliphatic rings. The van der Waals surface area contributed by atoms with Gasteiger partial charge in [0.05, 0.1) is 13.2 Å². The number of nitrogens with zero attached hydrogens (tertiary/aromatic N) is 3. The molecule has 1 aromatic heterocycles. The van der Waals surface area contributed by atoms with Crippen molar-refractivity contribution < 1.29 is 14.3 Å². The number of rotatable bonds is 4. The first-order valence-corrected chi connectivity index (χ1v) is 10.4. The van der Waals surface area contributed by atoms with E-state index in [4.69, 9.17) is 4.74 Å². The van der Waals surface area contributed by atoms with Crippen LogP contribution in [0.2, 0.25) is 0 Å². The van der Waals surface area contributed by atoms with Crippen LogP contribution in [0.25, 0.3) is 10.9 Å². The summed E-state index contributed by atoms with van der Waals surface area (Å²) in [5, 5.41) is 1.06. The zero-order chi connectivity index (χ0) is 20.8. The van der Waals surface area contributed by atoms with Gasteiger partial charge in [-0.2, -0.15) is 0 Å². The van der Waals surface area contributed by atoms with Gasteiger partial charge in [-0.05, 0) is 36.6 Å². The molecule has 0 saturated carbocycles. The van der Waals surface area contributed by atoms with Gasteiger partial charge in [-0.3, -0.25) is 9.59 Å². The molecule has 154 valence electrons. The third-order valence-electron chi connectivity index (χ3n) is 6.39. The predicted octanol–water partition coefficient (Wildman–Crippen LogP) is 3.35. The lowest BCUT2D eigenvalue weighted by atomic mass is 9.98. The van der Waals surface area contributed by atoms with Gasteiger partial charge in [0.1, 0.15) is 18.0 Å². The average molecular weight is 403 g/mol. The fourth-order valence-corrected chi connectivity index (χ4v) is 4.88. The minimum atomic E-state index is -0.295. The summed E-state index contributed by atoms with van der Waals surface area (Å²) in [4.78, 5) is 30.1. The highest BCUT2D eigenvalue weighted by atomic mass is 16.5. The predicted molar refractivity (Wildman–Crippen MR) is 115 cm³/mol. The van der Waals surface area contributed by atoms with Crippen molar-refractivity contribution in [2.75, 3.05) is 26.7 Å². The number of likely N-dealkylation sites (tertiary alicyclic amines) is 1. The highest BCUT2D eigenvalue weighted by Gasteiger charge is 2.43. The fourth-order valence-electron chi connectivity index (χ4n) is 4.88. The summed E-state index contributed by atoms with van der Waals surface area (Å²) in [6.07, 6.45) is 2.07. The molecular weight excluding hydrogens is 378 g/mol. The molecule has 1 atom stereocenters. The average Bonchev–Trinajstić information content (AvgIpc) is 3.47. The van der Waals surface area contributed by atoms with Crippen LogP contribution in [-0.4, -0.2) is 52.9 Å². The van der Waals surface area contributed by atoms with Gasteiger partial charge in [0, 0.05) is 36.6 Å². The van der Waals surface area contributed by atoms with Crippen LogP contribution < -0.4 is 4.74 Å². The van der Waals surface area contributed by atoms with E-state index in [1.54, 1.807) is 12.0 Å². The van der Waals surface area contributed by atoms with Crippen molar-refractivity contribution >= 4 is 22.7 Å². The zero-order valence-corrected chi connectivity index (χ0v) is 17.3. The fraction of sp³-hybridized carbons (Fsp3) is 0.333. The van der Waals surface area contributed by atoms with Gasteiger partial charge in [0.15, 0.2) is 0 Å². The van der Waals surface area contributed by atoms with Crippen LogP contribution >= 0.6 is 0 Å². The molecule has 2 amide bonds. The number of benzene rings is 2. The number of amides is 2. The summed E-state index contributed by atoms with van der Waals surface area (Å²) >= 11 is 0. The lowest BCUT2D eigenvalue weighted by molar-refractivity contribution is -0.131. The standard InChI is InChI=1S/C24H25N3O3/c1-25-19-8-4-3-7-18(19)21-22(16-9-11-17(30-2)12-10-16)27(24(29)23(21)25)15-20(28)26-13-5-6-14-26/h3-4,7-12,22H,5-6,13-15H2,1-2H3. The number of hydrogen-bond donors (Lipinski definition) is 0. The lowest BCUT2D eigenvalue weighted by Crippen LogP contribution is -2.41. The van der Waals surface area contributed by atoms with Crippen molar-refractivity contribution in [2.45, 2.75) is 18.9 Å². The molecule has 0 bridgehead atoms. The van der Waals surface area contributed by atoms with E-state index in [0.717, 1.165) is 53.7 Å². The highest BCUT2D eigenvalue weighted by Crippen LogP contribution is 2.44. The smallest absolute Gasteiger partial charge is 0.272 e. The van der Waals surface area contributed by atoms with Crippen molar-refractivity contribution in [3.8, 4) is 5.75 Å². The summed E-state index contributed by atoms with van der Waals surface area (Å²) in [5.74, 6) is 0.703. The lowest BCUT2D eigenvalue weighted by Gasteiger charge is -2.28. The molecule has 3 heterocycles. The van der Waals surface area contributed by atoms with Gasteiger partial charge < -0.3 is 19.1 Å². The Labute approximate surface area is 175 Å². The molecule has 1 saturated heterocycles. The number of methoxy groups -OCH3 is 1. The maximum Gasteiger partial charge on any atom is 0.272 e. The van der Waals surface area contributed by atoms with Crippen LogP contribution in [-0.2, 0) is 11.8 Å². The third-order valence-corrected chi connectivity index (χ3v) is 6.39. The first-order chi connectivity index (χ1) is 14.6. The van der Waals surface area contributed by atoms with Gasteiger partial charge in [-0.1, -0.05) is 30.3 Å². The molecular formula is C24H25N3O3. The van der Waals surface area contributed by atoms with E-state index in [0.29, 0.717) is 5.69 Å². The molecule has 30 heavy (non-hydrogen) atoms. The monoisotopic (exact) mass is 403 g/mol. The van der Waals surface area contributed by atoms with E-state index in [1.807, 2.05) is 59.0 Å². The summed E-state index contributed by atoms with van der Waals surface area (Å²) in [6.45, 7) is 1.66. The normalized spacial score (nSPS) is 18.3. The minimum Gasteiger partial charge on any atom is -0.497 e. The van der Waals surface area contributed by atoms with Crippen molar-refractivity contribution in [3.63, 3.8) is 0 Å². The Balaban J connectivity index is 1.62. The van der Waals surface area contributed by atoms with E-state index in [9.17, 15) is 9.59 Å². The van der Waals surface area contributed by atoms with Crippen molar-refractivity contribution in [1.82, 2.24) is 14.4 Å². The summed E-state index contributed by atoms with van der Waals surface area (Å²) in [7, 11) is 3.56. The van der Waals surface area contributed by atoms with Crippen LogP contribution in [0.3, 0.4) is 0 Å². The van der Waals surface area contributed by atoms with Crippen LogP contribution in [0.5, 0.6) is 5.75 Å². The molecule has 6 nitrogen and oxygen atoms in total. The van der Waals surface area contributed by atoms with E-state index in [-0.39, 0.29) is 24.4 Å². The second-order valence-corrected chi connectivity index (χ2v) is 8.04. The summed E-state index contributed by atoms with van der Waals surface area (Å²) in [6, 6.07) is 15.6. The second kappa shape index (κ2) is 7.20. The van der Waals surface area contributed by atoms with E-state index in [2.05, 4.69) is 6.07 Å². The van der Waals surface area contributed by atoms with Crippen LogP contribution in [0.1, 0.15) is 40.5 Å². The third kappa shape index (κ3) is 2.78. The number of ether oxygens (including phenoxy) is 1. The van der Waals surface area contributed by atoms with E-state index in [1.165, 1.54) is 0 Å². The molecule has 5 rings (SSSR count). The summed E-state index contributed by atoms with van der Waals surface area (Å²) in [5.41, 5.74) is 3.66. The Kier molecular flexibility index (Phi) is 4.50. The van der Waals surface area contributed by atoms with Gasteiger partial charge in [-0.25, -0.2) is 0 Å². The Morgan fingerprint density at radius 2 is 1.77 bits per heavy atom. The molecule has 6 heteroatoms. The Morgan fingerprint density at radius 3 is 2.47 bits per heavy atom. The Bertz CT molecular complexity index is 1130. The second-order valence-electron chi connectivity index (χ2n) is 8.04. The Hall–Kier alpha value is -3.28. The number of carbonyl (C=O) groups is 2. The minimum absolute atomic E-state index is 0.0245. The number of fused-ring (bicyclic) bond motifs is 3. The van der Waals surface area contributed by atoms with Crippen molar-refractivity contribution in [1.29, 1.82) is 0 Å². The molecule has 1 unspecified atom stereocenters. The van der Waals surface area contributed by atoms with Crippen LogP contribution in [0.15, 0.2) is 48.5 Å². The number of aromatic nitrogens is 1. The van der Waals surface area contributed by atoms with Gasteiger partial charge in [0.2, 0.25) is 5.91 Å². The molecule has 0 radical (unpaired) electrons. The quantitative estimate of drug-likeness (QED) is 0.671. The van der Waals surface area contributed by atoms with Gasteiger partial charge >= 0.3 is 0 Å². The van der Waals surface area contributed by atoms with Gasteiger partial charge in [0.25, 0.3) is 5.91 Å². The molecule has 0 N–H and O–H groups in total. The van der Waals surface area contributed by atoms with Crippen LogP contribution in [0, 0.1) is 0 Å². The molecule has 0 aliphatic carbocycles. The molecule has 2 aliphatic heterocycles. The molecule has 1 fully saturated rings. The maximum atomic E-state index is 13.6. The van der Waals surface area contributed by atoms with E-state index < -0.39 is 0 Å². The number of para-hydroxylation sites is 1. The number of aryl methyl sites for hydroxylation is 1. The maximum absolute atomic E-state index is 13.6. The van der Waals surface area contributed by atoms with Crippen molar-refractivity contribution in [3.05, 3.63) is 65.4 Å². The SMILES string of the molecule is COc1ccc(C2c3c(n(C)c4ccccc34)C(=O)N2CC(=O)N2CCCC2)cc1. The van der Waals surface area contributed by atoms with Gasteiger partial charge in [-0.15, -0.1) is 0 Å². The number of carbonyl (C=O) groups excluding carboxylic acids is 2. The zero-order valence-electron chi connectivity index (χ0n) is 17.3.